The molecule has 498 valence electrons. The van der Waals surface area contributed by atoms with E-state index in [0.29, 0.717) is 37.5 Å². The highest BCUT2D eigenvalue weighted by Gasteiger charge is 2.30. The Bertz CT molecular complexity index is 1660. The minimum atomic E-state index is -4.95. The van der Waals surface area contributed by atoms with Crippen molar-refractivity contribution in [3.63, 3.8) is 0 Å². The van der Waals surface area contributed by atoms with Crippen LogP contribution in [0, 0.1) is 17.8 Å². The van der Waals surface area contributed by atoms with Crippen LogP contribution in [-0.2, 0) is 65.4 Å². The van der Waals surface area contributed by atoms with E-state index in [4.69, 9.17) is 37.0 Å². The number of rotatable bonds is 63. The number of aliphatic hydroxyl groups is 1. The highest BCUT2D eigenvalue weighted by Crippen LogP contribution is 2.45. The van der Waals surface area contributed by atoms with Crippen molar-refractivity contribution in [3.8, 4) is 0 Å². The standard InChI is InChI=1S/C65H126O17P2/c1-8-9-10-11-12-13-14-15-19-24-32-39-46-62(67)75-52-60(81-64(69)48-41-34-25-20-17-16-18-22-29-36-43-56(2)3)54-79-83(71,72)77-50-59(66)51-78-84(73,74)80-55-61(53-76-63(68)47-40-33-28-27-31-38-45-58(6)7)82-65(70)49-42-35-26-21-23-30-37-44-57(4)5/h56-61,66H,8-55H2,1-7H3,(H,71,72)(H,73,74)/t59-,60-,61-/m1/s1. The molecule has 0 aromatic rings. The Balaban J connectivity index is 5.25. The second kappa shape index (κ2) is 56.3. The molecule has 2 unspecified atom stereocenters. The van der Waals surface area contributed by atoms with Gasteiger partial charge in [0.05, 0.1) is 26.4 Å². The lowest BCUT2D eigenvalue weighted by molar-refractivity contribution is -0.161. The number of phosphoric acid groups is 2. The van der Waals surface area contributed by atoms with Crippen molar-refractivity contribution < 1.29 is 80.2 Å². The molecule has 0 saturated heterocycles. The molecule has 0 rings (SSSR count). The van der Waals surface area contributed by atoms with E-state index in [1.165, 1.54) is 122 Å². The van der Waals surface area contributed by atoms with Crippen molar-refractivity contribution in [3.05, 3.63) is 0 Å². The van der Waals surface area contributed by atoms with Crippen LogP contribution >= 0.6 is 15.6 Å². The largest absolute Gasteiger partial charge is 0.472 e. The second-order valence-electron chi connectivity index (χ2n) is 24.9. The molecular weight excluding hydrogens is 1110 g/mol. The number of carbonyl (C=O) groups is 4. The molecule has 0 aliphatic carbocycles. The maximum atomic E-state index is 13.0. The molecule has 0 saturated carbocycles. The first-order chi connectivity index (χ1) is 40.2. The highest BCUT2D eigenvalue weighted by atomic mass is 31.2. The molecule has 17 nitrogen and oxygen atoms in total. The Hall–Kier alpha value is -1.94. The fourth-order valence-corrected chi connectivity index (χ4v) is 11.2. The predicted octanol–water partition coefficient (Wildman–Crippen LogP) is 17.9. The zero-order chi connectivity index (χ0) is 62.4. The Morgan fingerprint density at radius 3 is 0.810 bits per heavy atom. The first kappa shape index (κ1) is 82.1. The summed E-state index contributed by atoms with van der Waals surface area (Å²) in [6, 6.07) is 0. The molecular formula is C65H126O17P2. The number of phosphoric ester groups is 2. The smallest absolute Gasteiger partial charge is 0.462 e. The van der Waals surface area contributed by atoms with E-state index < -0.39 is 97.5 Å². The van der Waals surface area contributed by atoms with E-state index in [-0.39, 0.29) is 25.7 Å². The minimum Gasteiger partial charge on any atom is -0.462 e. The van der Waals surface area contributed by atoms with Crippen molar-refractivity contribution in [2.75, 3.05) is 39.6 Å². The van der Waals surface area contributed by atoms with Gasteiger partial charge in [-0.2, -0.15) is 0 Å². The first-order valence-corrected chi connectivity index (χ1v) is 36.8. The van der Waals surface area contributed by atoms with Crippen LogP contribution in [-0.4, -0.2) is 96.7 Å². The van der Waals surface area contributed by atoms with Crippen LogP contribution < -0.4 is 0 Å². The van der Waals surface area contributed by atoms with Gasteiger partial charge in [0.1, 0.15) is 19.3 Å². The fraction of sp³-hybridized carbons (Fsp3) is 0.938. The van der Waals surface area contributed by atoms with Gasteiger partial charge in [0, 0.05) is 25.7 Å². The molecule has 0 fully saturated rings. The molecule has 0 radical (unpaired) electrons. The van der Waals surface area contributed by atoms with Crippen LogP contribution in [0.15, 0.2) is 0 Å². The first-order valence-electron chi connectivity index (χ1n) is 33.8. The molecule has 84 heavy (non-hydrogen) atoms. The van der Waals surface area contributed by atoms with Crippen molar-refractivity contribution in [2.24, 2.45) is 17.8 Å². The van der Waals surface area contributed by atoms with Gasteiger partial charge in [-0.05, 0) is 43.4 Å². The number of aliphatic hydroxyl groups excluding tert-OH is 1. The van der Waals surface area contributed by atoms with Gasteiger partial charge in [-0.3, -0.25) is 37.3 Å². The molecule has 5 atom stereocenters. The molecule has 19 heteroatoms. The summed E-state index contributed by atoms with van der Waals surface area (Å²) < 4.78 is 68.0. The number of hydrogen-bond acceptors (Lipinski definition) is 15. The monoisotopic (exact) mass is 1240 g/mol. The quantitative estimate of drug-likeness (QED) is 0.0222. The van der Waals surface area contributed by atoms with Gasteiger partial charge in [0.15, 0.2) is 12.2 Å². The molecule has 0 spiro atoms. The SMILES string of the molecule is CCCCCCCCCCCCCCC(=O)OC[C@H](COP(=O)(O)OC[C@@H](O)COP(=O)(O)OC[C@@H](COC(=O)CCCCCCCCC(C)C)OC(=O)CCCCCCCCCC(C)C)OC(=O)CCCCCCCCCCCCC(C)C. The maximum absolute atomic E-state index is 13.0. The average molecular weight is 1240 g/mol. The number of ether oxygens (including phenoxy) is 4. The molecule has 3 N–H and O–H groups in total. The molecule has 0 heterocycles. The molecule has 0 amide bonds. The van der Waals surface area contributed by atoms with Crippen LogP contribution in [0.5, 0.6) is 0 Å². The zero-order valence-corrected chi connectivity index (χ0v) is 56.1. The topological polar surface area (TPSA) is 237 Å². The number of esters is 4. The minimum absolute atomic E-state index is 0.102. The van der Waals surface area contributed by atoms with E-state index >= 15 is 0 Å². The van der Waals surface area contributed by atoms with Crippen molar-refractivity contribution in [1.82, 2.24) is 0 Å². The van der Waals surface area contributed by atoms with Crippen molar-refractivity contribution in [2.45, 2.75) is 336 Å². The summed E-state index contributed by atoms with van der Waals surface area (Å²) in [5.74, 6) is -0.00975. The lowest BCUT2D eigenvalue weighted by Gasteiger charge is -2.21. The Kier molecular flexibility index (Phi) is 55.0. The third kappa shape index (κ3) is 59.0. The fourth-order valence-electron chi connectivity index (χ4n) is 9.66. The third-order valence-corrected chi connectivity index (χ3v) is 16.8. The summed E-state index contributed by atoms with van der Waals surface area (Å²) in [5, 5.41) is 10.5. The third-order valence-electron chi connectivity index (χ3n) is 14.9. The van der Waals surface area contributed by atoms with Crippen LogP contribution in [0.3, 0.4) is 0 Å². The summed E-state index contributed by atoms with van der Waals surface area (Å²) in [4.78, 5) is 72.2. The van der Waals surface area contributed by atoms with Crippen molar-refractivity contribution in [1.29, 1.82) is 0 Å². The maximum Gasteiger partial charge on any atom is 0.472 e. The van der Waals surface area contributed by atoms with Crippen LogP contribution in [0.4, 0.5) is 0 Å². The zero-order valence-electron chi connectivity index (χ0n) is 54.4. The van der Waals surface area contributed by atoms with Crippen molar-refractivity contribution >= 4 is 39.5 Å². The Morgan fingerprint density at radius 1 is 0.321 bits per heavy atom. The summed E-state index contributed by atoms with van der Waals surface area (Å²) in [6.07, 6.45) is 37.8. The Labute approximate surface area is 511 Å². The van der Waals surface area contributed by atoms with Gasteiger partial charge >= 0.3 is 39.5 Å². The normalized spacial score (nSPS) is 14.3. The number of carbonyl (C=O) groups excluding carboxylic acids is 4. The average Bonchev–Trinajstić information content (AvgIpc) is 3.47. The van der Waals surface area contributed by atoms with E-state index in [0.717, 1.165) is 102 Å². The lowest BCUT2D eigenvalue weighted by Crippen LogP contribution is -2.30. The van der Waals surface area contributed by atoms with E-state index in [2.05, 4.69) is 48.5 Å². The number of unbranched alkanes of at least 4 members (excludes halogenated alkanes) is 31. The lowest BCUT2D eigenvalue weighted by atomic mass is 10.0. The molecule has 0 aromatic heterocycles. The van der Waals surface area contributed by atoms with Gasteiger partial charge < -0.3 is 33.8 Å². The van der Waals surface area contributed by atoms with Crippen LogP contribution in [0.2, 0.25) is 0 Å². The predicted molar refractivity (Wildman–Crippen MR) is 335 cm³/mol. The van der Waals surface area contributed by atoms with E-state index in [1.807, 2.05) is 0 Å². The second-order valence-corrected chi connectivity index (χ2v) is 27.8. The summed E-state index contributed by atoms with van der Waals surface area (Å²) in [7, 11) is -9.89. The van der Waals surface area contributed by atoms with Crippen LogP contribution in [0.25, 0.3) is 0 Å². The van der Waals surface area contributed by atoms with Gasteiger partial charge in [-0.15, -0.1) is 0 Å². The number of hydrogen-bond donors (Lipinski definition) is 3. The van der Waals surface area contributed by atoms with Gasteiger partial charge in [-0.25, -0.2) is 9.13 Å². The Morgan fingerprint density at radius 2 is 0.548 bits per heavy atom. The molecule has 0 bridgehead atoms. The molecule has 0 aromatic carbocycles. The van der Waals surface area contributed by atoms with Crippen LogP contribution in [0.1, 0.15) is 318 Å². The van der Waals surface area contributed by atoms with E-state index in [9.17, 15) is 43.2 Å². The summed E-state index contributed by atoms with van der Waals surface area (Å²) in [5.41, 5.74) is 0. The molecule has 0 aliphatic heterocycles. The van der Waals surface area contributed by atoms with Gasteiger partial charge in [-0.1, -0.05) is 267 Å². The molecule has 0 aliphatic rings. The summed E-state index contributed by atoms with van der Waals surface area (Å²) >= 11 is 0. The van der Waals surface area contributed by atoms with Gasteiger partial charge in [0.25, 0.3) is 0 Å². The summed E-state index contributed by atoms with van der Waals surface area (Å²) in [6.45, 7) is 11.6. The highest BCUT2D eigenvalue weighted by molar-refractivity contribution is 7.47. The van der Waals surface area contributed by atoms with Gasteiger partial charge in [0.2, 0.25) is 0 Å². The van der Waals surface area contributed by atoms with E-state index in [1.54, 1.807) is 0 Å².